The van der Waals surface area contributed by atoms with E-state index in [1.165, 1.54) is 6.42 Å². The van der Waals surface area contributed by atoms with Gasteiger partial charge in [0, 0.05) is 24.4 Å². The van der Waals surface area contributed by atoms with Gasteiger partial charge < -0.3 is 19.5 Å². The van der Waals surface area contributed by atoms with Crippen LogP contribution in [-0.4, -0.2) is 36.9 Å². The van der Waals surface area contributed by atoms with Crippen LogP contribution in [0.2, 0.25) is 0 Å². The summed E-state index contributed by atoms with van der Waals surface area (Å²) < 4.78 is 11.1. The van der Waals surface area contributed by atoms with Crippen molar-refractivity contribution in [2.24, 2.45) is 5.92 Å². The highest BCUT2D eigenvalue weighted by Gasteiger charge is 2.22. The highest BCUT2D eigenvalue weighted by atomic mass is 32.1. The van der Waals surface area contributed by atoms with Crippen molar-refractivity contribution < 1.29 is 14.6 Å². The van der Waals surface area contributed by atoms with E-state index < -0.39 is 0 Å². The predicted octanol–water partition coefficient (Wildman–Crippen LogP) is 2.94. The fourth-order valence-electron chi connectivity index (χ4n) is 2.78. The molecule has 1 fully saturated rings. The maximum atomic E-state index is 9.15. The zero-order chi connectivity index (χ0) is 16.1. The Kier molecular flexibility index (Phi) is 5.35. The Morgan fingerprint density at radius 3 is 2.78 bits per heavy atom. The van der Waals surface area contributed by atoms with Crippen molar-refractivity contribution >= 4 is 16.5 Å². The summed E-state index contributed by atoms with van der Waals surface area (Å²) in [6, 6.07) is 7.70. The van der Waals surface area contributed by atoms with Crippen molar-refractivity contribution in [3.63, 3.8) is 0 Å². The zero-order valence-electron chi connectivity index (χ0n) is 13.3. The molecule has 1 aromatic carbocycles. The second-order valence-electron chi connectivity index (χ2n) is 5.72. The van der Waals surface area contributed by atoms with Gasteiger partial charge in [-0.2, -0.15) is 0 Å². The van der Waals surface area contributed by atoms with Gasteiger partial charge in [0.1, 0.15) is 11.5 Å². The highest BCUT2D eigenvalue weighted by molar-refractivity contribution is 7.13. The van der Waals surface area contributed by atoms with Gasteiger partial charge in [-0.3, -0.25) is 0 Å². The molecule has 0 bridgehead atoms. The van der Waals surface area contributed by atoms with Gasteiger partial charge in [0.15, 0.2) is 5.13 Å². The van der Waals surface area contributed by atoms with Gasteiger partial charge in [0.2, 0.25) is 0 Å². The second kappa shape index (κ2) is 7.66. The van der Waals surface area contributed by atoms with Crippen molar-refractivity contribution in [1.82, 2.24) is 4.98 Å². The monoisotopic (exact) mass is 334 g/mol. The van der Waals surface area contributed by atoms with E-state index in [1.54, 1.807) is 18.4 Å². The van der Waals surface area contributed by atoms with Crippen LogP contribution in [0.4, 0.5) is 5.13 Å². The Hall–Kier alpha value is -1.79. The fraction of sp³-hybridized carbons (Fsp3) is 0.471. The average molecular weight is 334 g/mol. The van der Waals surface area contributed by atoms with Gasteiger partial charge in [0.05, 0.1) is 26.0 Å². The minimum Gasteiger partial charge on any atom is -0.497 e. The summed E-state index contributed by atoms with van der Waals surface area (Å²) in [5.74, 6) is 2.21. The number of thiazole rings is 1. The third-order valence-corrected chi connectivity index (χ3v) is 4.99. The van der Waals surface area contributed by atoms with Crippen LogP contribution >= 0.6 is 11.3 Å². The van der Waals surface area contributed by atoms with Crippen LogP contribution in [0.5, 0.6) is 11.5 Å². The summed E-state index contributed by atoms with van der Waals surface area (Å²) in [7, 11) is 1.66. The lowest BCUT2D eigenvalue weighted by Crippen LogP contribution is -2.37. The van der Waals surface area contributed by atoms with Crippen LogP contribution < -0.4 is 14.4 Å². The fourth-order valence-corrected chi connectivity index (χ4v) is 3.63. The third kappa shape index (κ3) is 4.14. The molecule has 0 amide bonds. The van der Waals surface area contributed by atoms with Crippen LogP contribution in [0.3, 0.4) is 0 Å². The zero-order valence-corrected chi connectivity index (χ0v) is 14.1. The minimum absolute atomic E-state index is 0.00828. The van der Waals surface area contributed by atoms with Crippen LogP contribution in [0, 0.1) is 5.92 Å². The number of methoxy groups -OCH3 is 1. The van der Waals surface area contributed by atoms with Gasteiger partial charge >= 0.3 is 0 Å². The van der Waals surface area contributed by atoms with Crippen molar-refractivity contribution in [2.45, 2.75) is 19.4 Å². The third-order valence-electron chi connectivity index (χ3n) is 4.04. The molecule has 1 aliphatic heterocycles. The van der Waals surface area contributed by atoms with Gasteiger partial charge in [0.25, 0.3) is 0 Å². The summed E-state index contributed by atoms with van der Waals surface area (Å²) in [5.41, 5.74) is 0.751. The number of anilines is 1. The largest absolute Gasteiger partial charge is 0.497 e. The molecule has 0 aliphatic carbocycles. The molecule has 124 valence electrons. The number of ether oxygens (including phenoxy) is 2. The predicted molar refractivity (Wildman–Crippen MR) is 91.5 cm³/mol. The van der Waals surface area contributed by atoms with Crippen molar-refractivity contribution in [3.05, 3.63) is 35.3 Å². The summed E-state index contributed by atoms with van der Waals surface area (Å²) in [6.07, 6.45) is 2.32. The molecular formula is C17H22N2O3S. The number of aromatic nitrogens is 1. The van der Waals surface area contributed by atoms with Crippen molar-refractivity contribution in [2.75, 3.05) is 31.7 Å². The molecular weight excluding hydrogens is 312 g/mol. The maximum Gasteiger partial charge on any atom is 0.185 e. The number of hydrogen-bond donors (Lipinski definition) is 1. The topological polar surface area (TPSA) is 54.8 Å². The lowest BCUT2D eigenvalue weighted by molar-refractivity contribution is 0.228. The minimum atomic E-state index is 0.00828. The highest BCUT2D eigenvalue weighted by Crippen LogP contribution is 2.27. The molecule has 1 aliphatic rings. The number of aliphatic hydroxyl groups is 1. The molecule has 3 rings (SSSR count). The van der Waals surface area contributed by atoms with Crippen LogP contribution in [-0.2, 0) is 6.61 Å². The van der Waals surface area contributed by atoms with Crippen LogP contribution in [0.1, 0.15) is 18.5 Å². The summed E-state index contributed by atoms with van der Waals surface area (Å²) in [5, 5.41) is 12.1. The number of hydrogen-bond acceptors (Lipinski definition) is 6. The van der Waals surface area contributed by atoms with E-state index in [1.807, 2.05) is 29.6 Å². The molecule has 2 aromatic rings. The van der Waals surface area contributed by atoms with E-state index in [4.69, 9.17) is 14.6 Å². The Morgan fingerprint density at radius 2 is 2.09 bits per heavy atom. The first-order valence-corrected chi connectivity index (χ1v) is 8.73. The summed E-state index contributed by atoms with van der Waals surface area (Å²) in [4.78, 5) is 6.76. The van der Waals surface area contributed by atoms with Crippen molar-refractivity contribution in [3.8, 4) is 11.5 Å². The van der Waals surface area contributed by atoms with Gasteiger partial charge in [-0.25, -0.2) is 4.98 Å². The number of aliphatic hydroxyl groups excluding tert-OH is 1. The lowest BCUT2D eigenvalue weighted by atomic mass is 9.99. The second-order valence-corrected chi connectivity index (χ2v) is 6.56. The SMILES string of the molecule is COc1ccc(OC[C@@H]2CCCN(c3nc(CO)cs3)C2)cc1. The average Bonchev–Trinajstić information content (AvgIpc) is 3.10. The molecule has 0 radical (unpaired) electrons. The first-order valence-electron chi connectivity index (χ1n) is 7.85. The maximum absolute atomic E-state index is 9.15. The quantitative estimate of drug-likeness (QED) is 0.880. The van der Waals surface area contributed by atoms with E-state index in [-0.39, 0.29) is 6.61 Å². The van der Waals surface area contributed by atoms with E-state index in [2.05, 4.69) is 9.88 Å². The summed E-state index contributed by atoms with van der Waals surface area (Å²) in [6.45, 7) is 2.70. The normalized spacial score (nSPS) is 18.0. The smallest absolute Gasteiger partial charge is 0.185 e. The van der Waals surface area contributed by atoms with Crippen molar-refractivity contribution in [1.29, 1.82) is 0 Å². The molecule has 1 atom stereocenters. The van der Waals surface area contributed by atoms with Gasteiger partial charge in [-0.05, 0) is 37.1 Å². The summed E-state index contributed by atoms with van der Waals surface area (Å²) >= 11 is 1.60. The molecule has 2 heterocycles. The molecule has 5 nitrogen and oxygen atoms in total. The number of piperidine rings is 1. The van der Waals surface area contributed by atoms with E-state index in [0.717, 1.165) is 41.8 Å². The molecule has 1 aromatic heterocycles. The number of benzene rings is 1. The van der Waals surface area contributed by atoms with E-state index in [0.29, 0.717) is 12.5 Å². The standard InChI is InChI=1S/C17H22N2O3S/c1-21-15-4-6-16(7-5-15)22-11-13-3-2-8-19(9-13)17-18-14(10-20)12-23-17/h4-7,12-13,20H,2-3,8-11H2,1H3/t13-/m1/s1. The molecule has 0 spiro atoms. The van der Waals surface area contributed by atoms with E-state index >= 15 is 0 Å². The van der Waals surface area contributed by atoms with Crippen LogP contribution in [0.15, 0.2) is 29.6 Å². The Bertz CT molecular complexity index is 615. The molecule has 1 N–H and O–H groups in total. The van der Waals surface area contributed by atoms with Gasteiger partial charge in [-0.1, -0.05) is 0 Å². The molecule has 0 unspecified atom stereocenters. The van der Waals surface area contributed by atoms with Crippen LogP contribution in [0.25, 0.3) is 0 Å². The molecule has 1 saturated heterocycles. The van der Waals surface area contributed by atoms with Gasteiger partial charge in [-0.15, -0.1) is 11.3 Å². The first-order chi connectivity index (χ1) is 11.3. The number of rotatable bonds is 6. The molecule has 0 saturated carbocycles. The molecule has 6 heteroatoms. The van der Waals surface area contributed by atoms with E-state index in [9.17, 15) is 0 Å². The lowest BCUT2D eigenvalue weighted by Gasteiger charge is -2.32. The number of nitrogens with zero attached hydrogens (tertiary/aromatic N) is 2. The molecule has 23 heavy (non-hydrogen) atoms. The Morgan fingerprint density at radius 1 is 1.30 bits per heavy atom. The first kappa shape index (κ1) is 16.1. The Labute approximate surface area is 140 Å². The Balaban J connectivity index is 1.53.